The van der Waals surface area contributed by atoms with Crippen molar-refractivity contribution in [2.24, 2.45) is 11.5 Å². The molecule has 0 fully saturated rings. The molecule has 2 aromatic carbocycles. The Morgan fingerprint density at radius 1 is 0.714 bits per heavy atom. The van der Waals surface area contributed by atoms with Crippen molar-refractivity contribution < 1.29 is 19.1 Å². The van der Waals surface area contributed by atoms with E-state index in [1.54, 1.807) is 0 Å². The zero-order valence-electron chi connectivity index (χ0n) is 15.4. The maximum atomic E-state index is 11.9. The predicted molar refractivity (Wildman–Crippen MR) is 113 cm³/mol. The van der Waals surface area contributed by atoms with E-state index in [-0.39, 0.29) is 13.2 Å². The van der Waals surface area contributed by atoms with Gasteiger partial charge in [-0.3, -0.25) is 9.59 Å². The first-order valence-electron chi connectivity index (χ1n) is 8.73. The molecule has 0 heterocycles. The van der Waals surface area contributed by atoms with Crippen LogP contribution in [-0.4, -0.2) is 35.5 Å². The molecule has 150 valence electrons. The van der Waals surface area contributed by atoms with Gasteiger partial charge in [-0.15, -0.1) is 0 Å². The van der Waals surface area contributed by atoms with Crippen LogP contribution < -0.4 is 11.5 Å². The highest BCUT2D eigenvalue weighted by Crippen LogP contribution is 2.22. The number of hydrogen-bond donors (Lipinski definition) is 2. The Morgan fingerprint density at radius 3 is 1.43 bits per heavy atom. The highest BCUT2D eigenvalue weighted by molar-refractivity contribution is 8.76. The summed E-state index contributed by atoms with van der Waals surface area (Å²) >= 11 is 0. The fourth-order valence-corrected chi connectivity index (χ4v) is 4.27. The first-order valence-corrected chi connectivity index (χ1v) is 11.2. The van der Waals surface area contributed by atoms with Crippen molar-refractivity contribution in [3.8, 4) is 0 Å². The fraction of sp³-hybridized carbons (Fsp3) is 0.300. The number of benzene rings is 2. The van der Waals surface area contributed by atoms with Crippen molar-refractivity contribution in [1.82, 2.24) is 0 Å². The van der Waals surface area contributed by atoms with E-state index in [2.05, 4.69) is 0 Å². The first-order chi connectivity index (χ1) is 13.6. The molecule has 4 N–H and O–H groups in total. The molecule has 0 aliphatic carbocycles. The summed E-state index contributed by atoms with van der Waals surface area (Å²) in [5.74, 6) is -0.180. The van der Waals surface area contributed by atoms with E-state index in [9.17, 15) is 9.59 Å². The third-order valence-corrected chi connectivity index (χ3v) is 6.11. The minimum Gasteiger partial charge on any atom is -0.460 e. The summed E-state index contributed by atoms with van der Waals surface area (Å²) < 4.78 is 10.4. The molecule has 0 spiro atoms. The summed E-state index contributed by atoms with van der Waals surface area (Å²) in [5, 5.41) is 0. The van der Waals surface area contributed by atoms with Gasteiger partial charge in [-0.1, -0.05) is 82.3 Å². The Bertz CT molecular complexity index is 668. The second kappa shape index (κ2) is 12.5. The maximum absolute atomic E-state index is 11.9. The lowest BCUT2D eigenvalue weighted by Gasteiger charge is -2.13. The van der Waals surface area contributed by atoms with Gasteiger partial charge in [0, 0.05) is 11.5 Å². The van der Waals surface area contributed by atoms with Crippen LogP contribution in [0.1, 0.15) is 11.1 Å². The lowest BCUT2D eigenvalue weighted by Crippen LogP contribution is -2.35. The molecule has 6 nitrogen and oxygen atoms in total. The largest absolute Gasteiger partial charge is 0.460 e. The highest BCUT2D eigenvalue weighted by Gasteiger charge is 2.18. The third kappa shape index (κ3) is 8.35. The van der Waals surface area contributed by atoms with Gasteiger partial charge in [0.2, 0.25) is 0 Å². The molecule has 0 aliphatic heterocycles. The molecular formula is C20H24N2O4S2. The van der Waals surface area contributed by atoms with Gasteiger partial charge in [0.25, 0.3) is 0 Å². The molecule has 2 aromatic rings. The van der Waals surface area contributed by atoms with E-state index in [0.717, 1.165) is 11.1 Å². The summed E-state index contributed by atoms with van der Waals surface area (Å²) in [5.41, 5.74) is 13.5. The molecule has 28 heavy (non-hydrogen) atoms. The van der Waals surface area contributed by atoms with E-state index >= 15 is 0 Å². The smallest absolute Gasteiger partial charge is 0.324 e. The molecule has 0 aliphatic rings. The van der Waals surface area contributed by atoms with Crippen LogP contribution >= 0.6 is 21.6 Å². The van der Waals surface area contributed by atoms with Gasteiger partial charge in [-0.2, -0.15) is 0 Å². The molecule has 0 amide bonds. The van der Waals surface area contributed by atoms with Gasteiger partial charge in [0.15, 0.2) is 0 Å². The summed E-state index contributed by atoms with van der Waals surface area (Å²) in [6.45, 7) is 0.395. The number of ether oxygens (including phenoxy) is 2. The van der Waals surface area contributed by atoms with Crippen molar-refractivity contribution in [3.05, 3.63) is 71.8 Å². The SMILES string of the molecule is NC(CSSCC(N)C(=O)OCc1ccccc1)C(=O)OCc1ccccc1. The van der Waals surface area contributed by atoms with Crippen LogP contribution in [0.25, 0.3) is 0 Å². The number of rotatable bonds is 11. The maximum Gasteiger partial charge on any atom is 0.324 e. The normalized spacial score (nSPS) is 12.8. The third-order valence-electron chi connectivity index (χ3n) is 3.63. The van der Waals surface area contributed by atoms with Gasteiger partial charge in [0.1, 0.15) is 25.3 Å². The van der Waals surface area contributed by atoms with Crippen LogP contribution in [0.15, 0.2) is 60.7 Å². The molecule has 2 rings (SSSR count). The Labute approximate surface area is 172 Å². The lowest BCUT2D eigenvalue weighted by atomic mass is 10.2. The van der Waals surface area contributed by atoms with Gasteiger partial charge in [0.05, 0.1) is 0 Å². The van der Waals surface area contributed by atoms with Crippen molar-refractivity contribution in [2.45, 2.75) is 25.3 Å². The van der Waals surface area contributed by atoms with Crippen LogP contribution in [0.2, 0.25) is 0 Å². The molecule has 0 radical (unpaired) electrons. The molecule has 2 unspecified atom stereocenters. The quantitative estimate of drug-likeness (QED) is 0.325. The van der Waals surface area contributed by atoms with Crippen molar-refractivity contribution >= 4 is 33.5 Å². The fourth-order valence-electron chi connectivity index (χ4n) is 2.05. The molecule has 8 heteroatoms. The number of nitrogens with two attached hydrogens (primary N) is 2. The first kappa shape index (κ1) is 22.3. The molecule has 0 saturated carbocycles. The monoisotopic (exact) mass is 420 g/mol. The molecule has 0 saturated heterocycles. The van der Waals surface area contributed by atoms with Crippen LogP contribution in [0.4, 0.5) is 0 Å². The lowest BCUT2D eigenvalue weighted by molar-refractivity contribution is -0.146. The molecule has 0 bridgehead atoms. The standard InChI is InChI=1S/C20H24N2O4S2/c21-17(19(23)25-11-15-7-3-1-4-8-15)13-27-28-14-18(22)20(24)26-12-16-9-5-2-6-10-16/h1-10,17-18H,11-14,21-22H2. The Kier molecular flexibility index (Phi) is 9.92. The molecule has 0 aromatic heterocycles. The van der Waals surface area contributed by atoms with E-state index in [4.69, 9.17) is 20.9 Å². The van der Waals surface area contributed by atoms with Gasteiger partial charge >= 0.3 is 11.9 Å². The number of carbonyl (C=O) groups is 2. The second-order valence-corrected chi connectivity index (χ2v) is 8.52. The Morgan fingerprint density at radius 2 is 1.07 bits per heavy atom. The van der Waals surface area contributed by atoms with Crippen LogP contribution in [0, 0.1) is 0 Å². The van der Waals surface area contributed by atoms with E-state index in [0.29, 0.717) is 11.5 Å². The van der Waals surface area contributed by atoms with Gasteiger partial charge in [-0.05, 0) is 11.1 Å². The molecular weight excluding hydrogens is 396 g/mol. The Hall–Kier alpha value is -2.00. The summed E-state index contributed by atoms with van der Waals surface area (Å²) in [7, 11) is 2.75. The minimum atomic E-state index is -0.734. The van der Waals surface area contributed by atoms with Crippen LogP contribution in [-0.2, 0) is 32.3 Å². The minimum absolute atomic E-state index is 0.198. The summed E-state index contributed by atoms with van der Waals surface area (Å²) in [6, 6.07) is 17.3. The zero-order chi connectivity index (χ0) is 20.2. The molecule has 2 atom stereocenters. The summed E-state index contributed by atoms with van der Waals surface area (Å²) in [6.07, 6.45) is 0. The van der Waals surface area contributed by atoms with Crippen LogP contribution in [0.3, 0.4) is 0 Å². The Balaban J connectivity index is 1.57. The number of carbonyl (C=O) groups excluding carboxylic acids is 2. The predicted octanol–water partition coefficient (Wildman–Crippen LogP) is 2.51. The van der Waals surface area contributed by atoms with Crippen molar-refractivity contribution in [2.75, 3.05) is 11.5 Å². The van der Waals surface area contributed by atoms with Crippen molar-refractivity contribution in [1.29, 1.82) is 0 Å². The topological polar surface area (TPSA) is 105 Å². The van der Waals surface area contributed by atoms with Gasteiger partial charge in [-0.25, -0.2) is 0 Å². The van der Waals surface area contributed by atoms with Crippen molar-refractivity contribution in [3.63, 3.8) is 0 Å². The highest BCUT2D eigenvalue weighted by atomic mass is 33.1. The van der Waals surface area contributed by atoms with Gasteiger partial charge < -0.3 is 20.9 Å². The van der Waals surface area contributed by atoms with E-state index in [1.807, 2.05) is 60.7 Å². The average Bonchev–Trinajstić information content (AvgIpc) is 2.74. The van der Waals surface area contributed by atoms with Crippen LogP contribution in [0.5, 0.6) is 0 Å². The van der Waals surface area contributed by atoms with E-state index < -0.39 is 24.0 Å². The average molecular weight is 421 g/mol. The second-order valence-electron chi connectivity index (χ2n) is 5.97. The summed E-state index contributed by atoms with van der Waals surface area (Å²) in [4.78, 5) is 23.8. The van der Waals surface area contributed by atoms with E-state index in [1.165, 1.54) is 21.6 Å². The zero-order valence-corrected chi connectivity index (χ0v) is 17.0. The number of hydrogen-bond acceptors (Lipinski definition) is 8. The number of esters is 2.